The predicted octanol–water partition coefficient (Wildman–Crippen LogP) is 5.56. The molecule has 0 saturated heterocycles. The number of hydrogen-bond donors (Lipinski definition) is 0. The van der Waals surface area contributed by atoms with Gasteiger partial charge in [0.2, 0.25) is 11.4 Å². The Morgan fingerprint density at radius 3 is 1.14 bits per heavy atom. The van der Waals surface area contributed by atoms with Gasteiger partial charge in [-0.1, -0.05) is 0 Å². The molecule has 0 saturated carbocycles. The number of pyridine rings is 1. The number of aromatic nitrogens is 1. The van der Waals surface area contributed by atoms with Crippen LogP contribution in [0, 0.1) is 0 Å². The molecule has 0 radical (unpaired) electrons. The van der Waals surface area contributed by atoms with Crippen LogP contribution in [0.4, 0.5) is 0 Å². The second-order valence-electron chi connectivity index (χ2n) is 8.27. The van der Waals surface area contributed by atoms with Gasteiger partial charge in [-0.05, 0) is 42.0 Å². The summed E-state index contributed by atoms with van der Waals surface area (Å²) in [5.74, 6) is 4.24. The first-order valence-electron chi connectivity index (χ1n) is 11.7. The molecule has 7 nitrogen and oxygen atoms in total. The second kappa shape index (κ2) is 11.1. The molecule has 3 aromatic carbocycles. The zero-order chi connectivity index (χ0) is 26.5. The number of benzene rings is 3. The van der Waals surface area contributed by atoms with Gasteiger partial charge in [0.1, 0.15) is 41.5 Å². The first kappa shape index (κ1) is 25.7. The molecule has 0 bridgehead atoms. The monoisotopic (exact) mass is 502 g/mol. The molecule has 0 fully saturated rings. The number of ether oxygens (including phenoxy) is 6. The summed E-state index contributed by atoms with van der Waals surface area (Å²) in [5, 5.41) is 0. The standard InChI is InChI=1S/C30H32NO6/c1-31-26(24-12-9-21(33-3)17-29(24)36-6)14-19(23-11-8-20(32-2)16-28(23)35-5)15-27(31)25-13-10-22(34-4)18-30(25)37-7/h8-18H,1-7H3/q+1. The van der Waals surface area contributed by atoms with Gasteiger partial charge in [0.25, 0.3) is 0 Å². The molecular formula is C30H32NO6+. The Morgan fingerprint density at radius 1 is 0.432 bits per heavy atom. The van der Waals surface area contributed by atoms with E-state index in [1.165, 1.54) is 0 Å². The van der Waals surface area contributed by atoms with Crippen LogP contribution in [0.25, 0.3) is 33.6 Å². The summed E-state index contributed by atoms with van der Waals surface area (Å²) in [7, 11) is 11.9. The van der Waals surface area contributed by atoms with E-state index in [0.29, 0.717) is 28.7 Å². The van der Waals surface area contributed by atoms with Crippen molar-refractivity contribution in [3.05, 3.63) is 66.7 Å². The van der Waals surface area contributed by atoms with Crippen molar-refractivity contribution in [3.8, 4) is 68.1 Å². The zero-order valence-electron chi connectivity index (χ0n) is 22.2. The average Bonchev–Trinajstić information content (AvgIpc) is 2.96. The van der Waals surface area contributed by atoms with E-state index in [9.17, 15) is 0 Å². The summed E-state index contributed by atoms with van der Waals surface area (Å²) in [6.07, 6.45) is 0. The first-order chi connectivity index (χ1) is 18.0. The van der Waals surface area contributed by atoms with Gasteiger partial charge in [0, 0.05) is 35.9 Å². The van der Waals surface area contributed by atoms with Crippen LogP contribution in [-0.4, -0.2) is 42.7 Å². The summed E-state index contributed by atoms with van der Waals surface area (Å²) in [6.45, 7) is 0. The van der Waals surface area contributed by atoms with Crippen LogP contribution in [0.5, 0.6) is 34.5 Å². The van der Waals surface area contributed by atoms with Crippen molar-refractivity contribution >= 4 is 0 Å². The molecule has 0 spiro atoms. The highest BCUT2D eigenvalue weighted by molar-refractivity contribution is 5.80. The van der Waals surface area contributed by atoms with E-state index in [1.54, 1.807) is 42.7 Å². The molecule has 0 atom stereocenters. The molecule has 37 heavy (non-hydrogen) atoms. The lowest BCUT2D eigenvalue weighted by molar-refractivity contribution is -0.649. The quantitative estimate of drug-likeness (QED) is 0.279. The van der Waals surface area contributed by atoms with Crippen LogP contribution in [0.1, 0.15) is 0 Å². The third kappa shape index (κ3) is 4.98. The van der Waals surface area contributed by atoms with E-state index < -0.39 is 0 Å². The molecule has 0 aliphatic rings. The van der Waals surface area contributed by atoms with Crippen molar-refractivity contribution in [3.63, 3.8) is 0 Å². The Balaban J connectivity index is 2.05. The van der Waals surface area contributed by atoms with Gasteiger partial charge in [0.05, 0.1) is 53.8 Å². The smallest absolute Gasteiger partial charge is 0.217 e. The van der Waals surface area contributed by atoms with Crippen LogP contribution in [0.3, 0.4) is 0 Å². The minimum atomic E-state index is 0.696. The third-order valence-electron chi connectivity index (χ3n) is 6.40. The van der Waals surface area contributed by atoms with Gasteiger partial charge in [-0.3, -0.25) is 0 Å². The van der Waals surface area contributed by atoms with Crippen molar-refractivity contribution in [2.24, 2.45) is 7.05 Å². The van der Waals surface area contributed by atoms with Crippen LogP contribution >= 0.6 is 0 Å². The molecule has 7 heteroatoms. The second-order valence-corrected chi connectivity index (χ2v) is 8.27. The fraction of sp³-hybridized carbons (Fsp3) is 0.233. The van der Waals surface area contributed by atoms with Gasteiger partial charge < -0.3 is 28.4 Å². The molecule has 1 aromatic heterocycles. The van der Waals surface area contributed by atoms with Crippen LogP contribution in [-0.2, 0) is 7.05 Å². The molecule has 4 rings (SSSR count). The summed E-state index contributed by atoms with van der Waals surface area (Å²) in [6, 6.07) is 21.6. The van der Waals surface area contributed by atoms with Crippen molar-refractivity contribution in [2.45, 2.75) is 0 Å². The Bertz CT molecular complexity index is 1340. The third-order valence-corrected chi connectivity index (χ3v) is 6.40. The number of hydrogen-bond acceptors (Lipinski definition) is 6. The fourth-order valence-corrected chi connectivity index (χ4v) is 4.39. The summed E-state index contributed by atoms with van der Waals surface area (Å²) < 4.78 is 35.7. The van der Waals surface area contributed by atoms with Gasteiger partial charge in [-0.25, -0.2) is 0 Å². The Kier molecular flexibility index (Phi) is 7.72. The highest BCUT2D eigenvalue weighted by Gasteiger charge is 2.25. The van der Waals surface area contributed by atoms with E-state index in [0.717, 1.165) is 39.4 Å². The molecule has 0 aliphatic heterocycles. The van der Waals surface area contributed by atoms with Crippen LogP contribution in [0.2, 0.25) is 0 Å². The molecule has 0 unspecified atom stereocenters. The van der Waals surface area contributed by atoms with Gasteiger partial charge >= 0.3 is 0 Å². The maximum Gasteiger partial charge on any atom is 0.217 e. The normalized spacial score (nSPS) is 10.6. The van der Waals surface area contributed by atoms with E-state index in [4.69, 9.17) is 28.4 Å². The Labute approximate surface area is 217 Å². The lowest BCUT2D eigenvalue weighted by Crippen LogP contribution is -2.34. The molecular weight excluding hydrogens is 470 g/mol. The Hall–Kier alpha value is -4.39. The van der Waals surface area contributed by atoms with Gasteiger partial charge in [-0.15, -0.1) is 0 Å². The maximum absolute atomic E-state index is 5.76. The number of rotatable bonds is 9. The SMILES string of the molecule is COc1ccc(-c2cc(-c3ccc(OC)cc3OC)[n+](C)c(-c3ccc(OC)cc3OC)c2)c(OC)c1. The van der Waals surface area contributed by atoms with Crippen molar-refractivity contribution in [1.29, 1.82) is 0 Å². The van der Waals surface area contributed by atoms with Crippen molar-refractivity contribution in [2.75, 3.05) is 42.7 Å². The van der Waals surface area contributed by atoms with E-state index in [2.05, 4.69) is 16.7 Å². The number of nitrogens with zero attached hydrogens (tertiary/aromatic N) is 1. The molecule has 0 amide bonds. The molecule has 0 N–H and O–H groups in total. The average molecular weight is 503 g/mol. The molecule has 1 heterocycles. The highest BCUT2D eigenvalue weighted by atomic mass is 16.5. The van der Waals surface area contributed by atoms with Crippen molar-refractivity contribution in [1.82, 2.24) is 0 Å². The van der Waals surface area contributed by atoms with E-state index >= 15 is 0 Å². The summed E-state index contributed by atoms with van der Waals surface area (Å²) in [4.78, 5) is 0. The molecule has 4 aromatic rings. The molecule has 0 aliphatic carbocycles. The minimum absolute atomic E-state index is 0.696. The maximum atomic E-state index is 5.76. The lowest BCUT2D eigenvalue weighted by Gasteiger charge is -2.16. The topological polar surface area (TPSA) is 59.3 Å². The summed E-state index contributed by atoms with van der Waals surface area (Å²) >= 11 is 0. The van der Waals surface area contributed by atoms with Crippen LogP contribution in [0.15, 0.2) is 66.7 Å². The van der Waals surface area contributed by atoms with Gasteiger partial charge in [0.15, 0.2) is 0 Å². The van der Waals surface area contributed by atoms with Crippen molar-refractivity contribution < 1.29 is 33.0 Å². The highest BCUT2D eigenvalue weighted by Crippen LogP contribution is 2.40. The lowest BCUT2D eigenvalue weighted by atomic mass is 9.97. The Morgan fingerprint density at radius 2 is 0.784 bits per heavy atom. The van der Waals surface area contributed by atoms with Crippen LogP contribution < -0.4 is 33.0 Å². The first-order valence-corrected chi connectivity index (χ1v) is 11.7. The predicted molar refractivity (Wildman–Crippen MR) is 143 cm³/mol. The summed E-state index contributed by atoms with van der Waals surface area (Å²) in [5.41, 5.74) is 5.57. The van der Waals surface area contributed by atoms with E-state index in [1.807, 2.05) is 61.6 Å². The van der Waals surface area contributed by atoms with Gasteiger partial charge in [-0.2, -0.15) is 4.57 Å². The number of methoxy groups -OCH3 is 6. The zero-order valence-corrected chi connectivity index (χ0v) is 22.2. The van der Waals surface area contributed by atoms with E-state index in [-0.39, 0.29) is 0 Å². The molecule has 192 valence electrons. The minimum Gasteiger partial charge on any atom is -0.497 e. The largest absolute Gasteiger partial charge is 0.497 e. The fourth-order valence-electron chi connectivity index (χ4n) is 4.39.